The molecule has 10 nitrogen and oxygen atoms in total. The van der Waals surface area contributed by atoms with Crippen LogP contribution < -0.4 is 24.6 Å². The molecule has 4 aromatic rings. The first-order chi connectivity index (χ1) is 21.0. The van der Waals surface area contributed by atoms with Crippen LogP contribution in [-0.4, -0.2) is 57.6 Å². The molecule has 2 aliphatic heterocycles. The Hall–Kier alpha value is -4.64. The lowest BCUT2D eigenvalue weighted by atomic mass is 10.0. The average Bonchev–Trinajstić information content (AvgIpc) is 3.03. The minimum Gasteiger partial charge on any atom is -0.490 e. The van der Waals surface area contributed by atoms with Gasteiger partial charge in [0.25, 0.3) is 5.91 Å². The molecule has 0 bridgehead atoms. The molecule has 1 fully saturated rings. The van der Waals surface area contributed by atoms with E-state index in [-0.39, 0.29) is 29.4 Å². The summed E-state index contributed by atoms with van der Waals surface area (Å²) in [5.74, 6) is 1.19. The third-order valence-corrected chi connectivity index (χ3v) is 7.70. The van der Waals surface area contributed by atoms with Crippen molar-refractivity contribution in [2.24, 2.45) is 0 Å². The number of piperidine rings is 1. The Morgan fingerprint density at radius 1 is 1.02 bits per heavy atom. The Morgan fingerprint density at radius 3 is 2.63 bits per heavy atom. The largest absolute Gasteiger partial charge is 0.490 e. The van der Waals surface area contributed by atoms with Crippen LogP contribution >= 0.6 is 0 Å². The molecule has 1 saturated heterocycles. The number of fused-ring (bicyclic) bond motifs is 1. The summed E-state index contributed by atoms with van der Waals surface area (Å²) >= 11 is 0. The van der Waals surface area contributed by atoms with E-state index in [1.807, 2.05) is 26.1 Å². The number of halogens is 1. The van der Waals surface area contributed by atoms with E-state index in [9.17, 15) is 9.18 Å². The molecule has 0 radical (unpaired) electrons. The smallest absolute Gasteiger partial charge is 0.262 e. The number of carbonyl (C=O) groups is 1. The van der Waals surface area contributed by atoms with Gasteiger partial charge in [-0.3, -0.25) is 14.8 Å². The van der Waals surface area contributed by atoms with Gasteiger partial charge < -0.3 is 24.6 Å². The summed E-state index contributed by atoms with van der Waals surface area (Å²) in [7, 11) is 0. The highest BCUT2D eigenvalue weighted by Gasteiger charge is 2.28. The van der Waals surface area contributed by atoms with Gasteiger partial charge >= 0.3 is 0 Å². The number of rotatable bonds is 8. The first-order valence-corrected chi connectivity index (χ1v) is 14.6. The molecule has 0 atom stereocenters. The number of nitrogens with one attached hydrogen (secondary N) is 1. The average molecular weight is 584 g/mol. The van der Waals surface area contributed by atoms with Crippen molar-refractivity contribution in [3.63, 3.8) is 0 Å². The SMILES string of the molecule is CC(C)N(C(=O)c1cc(F)ccc1Oc1cncnc1N1CCC(Oc2ccnc3c2CNCC3)CC1)c1ccncc1. The third kappa shape index (κ3) is 6.26. The van der Waals surface area contributed by atoms with Crippen LogP contribution in [0.3, 0.4) is 0 Å². The second-order valence-electron chi connectivity index (χ2n) is 10.9. The maximum absolute atomic E-state index is 14.5. The molecule has 222 valence electrons. The number of hydrogen-bond donors (Lipinski definition) is 1. The molecular formula is C32H34FN7O3. The number of carbonyl (C=O) groups excluding carboxylic acids is 1. The highest BCUT2D eigenvalue weighted by Crippen LogP contribution is 2.35. The van der Waals surface area contributed by atoms with E-state index >= 15 is 0 Å². The molecule has 0 aliphatic carbocycles. The summed E-state index contributed by atoms with van der Waals surface area (Å²) in [4.78, 5) is 34.8. The first-order valence-electron chi connectivity index (χ1n) is 14.6. The van der Waals surface area contributed by atoms with Crippen LogP contribution in [0.5, 0.6) is 17.2 Å². The second-order valence-corrected chi connectivity index (χ2v) is 10.9. The Balaban J connectivity index is 1.19. The third-order valence-electron chi connectivity index (χ3n) is 7.70. The molecule has 1 N–H and O–H groups in total. The molecule has 0 unspecified atom stereocenters. The predicted octanol–water partition coefficient (Wildman–Crippen LogP) is 4.95. The number of hydrogen-bond acceptors (Lipinski definition) is 9. The molecule has 2 aliphatic rings. The Morgan fingerprint density at radius 2 is 1.84 bits per heavy atom. The summed E-state index contributed by atoms with van der Waals surface area (Å²) in [6.07, 6.45) is 10.7. The monoisotopic (exact) mass is 583 g/mol. The van der Waals surface area contributed by atoms with Crippen molar-refractivity contribution in [3.05, 3.63) is 90.2 Å². The van der Waals surface area contributed by atoms with Crippen molar-refractivity contribution in [1.29, 1.82) is 0 Å². The molecular weight excluding hydrogens is 549 g/mol. The van der Waals surface area contributed by atoms with Gasteiger partial charge in [-0.1, -0.05) is 0 Å². The van der Waals surface area contributed by atoms with Crippen molar-refractivity contribution in [2.75, 3.05) is 29.4 Å². The Labute approximate surface area is 249 Å². The molecule has 43 heavy (non-hydrogen) atoms. The van der Waals surface area contributed by atoms with Gasteiger partial charge in [-0.15, -0.1) is 0 Å². The van der Waals surface area contributed by atoms with E-state index in [1.54, 1.807) is 35.6 Å². The van der Waals surface area contributed by atoms with Crippen molar-refractivity contribution in [2.45, 2.75) is 51.8 Å². The first kappa shape index (κ1) is 28.5. The van der Waals surface area contributed by atoms with E-state index < -0.39 is 5.82 Å². The van der Waals surface area contributed by atoms with Crippen molar-refractivity contribution in [1.82, 2.24) is 25.3 Å². The van der Waals surface area contributed by atoms with Crippen LogP contribution in [0, 0.1) is 5.82 Å². The van der Waals surface area contributed by atoms with Gasteiger partial charge in [-0.2, -0.15) is 0 Å². The van der Waals surface area contributed by atoms with Crippen molar-refractivity contribution < 1.29 is 18.7 Å². The number of amides is 1. The maximum Gasteiger partial charge on any atom is 0.262 e. The summed E-state index contributed by atoms with van der Waals surface area (Å²) < 4.78 is 27.2. The number of aromatic nitrogens is 4. The van der Waals surface area contributed by atoms with Gasteiger partial charge in [0.15, 0.2) is 11.6 Å². The number of nitrogens with zero attached hydrogens (tertiary/aromatic N) is 6. The van der Waals surface area contributed by atoms with Crippen LogP contribution in [0.1, 0.15) is 48.3 Å². The zero-order chi connectivity index (χ0) is 29.8. The molecule has 6 rings (SSSR count). The summed E-state index contributed by atoms with van der Waals surface area (Å²) in [5.41, 5.74) is 3.00. The standard InChI is InChI=1S/C32H34FN7O3/c1-21(2)40(23-5-11-34-12-6-23)32(41)25-17-22(33)3-4-28(25)43-30-19-36-20-38-31(30)39-15-9-24(10-16-39)42-29-8-14-37-27-7-13-35-18-26(27)29/h3-6,8,11-12,14,17,19-21,24,35H,7,9-10,13,15-16,18H2,1-2H3. The molecule has 0 saturated carbocycles. The van der Waals surface area contributed by atoms with Crippen LogP contribution in [0.2, 0.25) is 0 Å². The molecule has 3 aromatic heterocycles. The number of benzene rings is 1. The van der Waals surface area contributed by atoms with E-state index in [4.69, 9.17) is 9.47 Å². The lowest BCUT2D eigenvalue weighted by Gasteiger charge is -2.34. The predicted molar refractivity (Wildman–Crippen MR) is 160 cm³/mol. The molecule has 5 heterocycles. The Kier molecular flexibility index (Phi) is 8.41. The highest BCUT2D eigenvalue weighted by atomic mass is 19.1. The lowest BCUT2D eigenvalue weighted by Crippen LogP contribution is -2.39. The van der Waals surface area contributed by atoms with Gasteiger partial charge in [0.1, 0.15) is 29.7 Å². The zero-order valence-corrected chi connectivity index (χ0v) is 24.2. The Bertz CT molecular complexity index is 1580. The molecule has 1 aromatic carbocycles. The fourth-order valence-electron chi connectivity index (χ4n) is 5.60. The van der Waals surface area contributed by atoms with E-state index in [1.165, 1.54) is 24.5 Å². The van der Waals surface area contributed by atoms with Crippen LogP contribution in [0.25, 0.3) is 0 Å². The topological polar surface area (TPSA) is 106 Å². The van der Waals surface area contributed by atoms with Gasteiger partial charge in [-0.25, -0.2) is 14.4 Å². The quantitative estimate of drug-likeness (QED) is 0.309. The van der Waals surface area contributed by atoms with Gasteiger partial charge in [0.05, 0.1) is 11.8 Å². The maximum atomic E-state index is 14.5. The number of pyridine rings is 2. The summed E-state index contributed by atoms with van der Waals surface area (Å²) in [6.45, 7) is 6.89. The van der Waals surface area contributed by atoms with Gasteiger partial charge in [0, 0.05) is 87.0 Å². The van der Waals surface area contributed by atoms with E-state index in [0.717, 1.165) is 49.4 Å². The van der Waals surface area contributed by atoms with Gasteiger partial charge in [-0.05, 0) is 50.2 Å². The van der Waals surface area contributed by atoms with Crippen LogP contribution in [0.15, 0.2) is 67.5 Å². The molecule has 11 heteroatoms. The number of anilines is 2. The minimum absolute atomic E-state index is 0.0624. The van der Waals surface area contributed by atoms with Crippen molar-refractivity contribution >= 4 is 17.4 Å². The molecule has 0 spiro atoms. The lowest BCUT2D eigenvalue weighted by molar-refractivity contribution is 0.0977. The fraction of sp³-hybridized carbons (Fsp3) is 0.344. The zero-order valence-electron chi connectivity index (χ0n) is 24.2. The number of ether oxygens (including phenoxy) is 2. The summed E-state index contributed by atoms with van der Waals surface area (Å²) in [6, 6.07) is 9.19. The van der Waals surface area contributed by atoms with Crippen LogP contribution in [-0.2, 0) is 13.0 Å². The summed E-state index contributed by atoms with van der Waals surface area (Å²) in [5, 5.41) is 3.40. The highest BCUT2D eigenvalue weighted by molar-refractivity contribution is 6.08. The van der Waals surface area contributed by atoms with E-state index in [2.05, 4.69) is 30.2 Å². The van der Waals surface area contributed by atoms with E-state index in [0.29, 0.717) is 30.3 Å². The normalized spacial score (nSPS) is 15.2. The van der Waals surface area contributed by atoms with Gasteiger partial charge in [0.2, 0.25) is 0 Å². The van der Waals surface area contributed by atoms with Crippen LogP contribution in [0.4, 0.5) is 15.9 Å². The van der Waals surface area contributed by atoms with Crippen molar-refractivity contribution in [3.8, 4) is 17.2 Å². The molecule has 1 amide bonds. The minimum atomic E-state index is -0.535. The second kappa shape index (κ2) is 12.7. The fourth-order valence-corrected chi connectivity index (χ4v) is 5.60.